The van der Waals surface area contributed by atoms with Crippen molar-refractivity contribution in [3.8, 4) is 11.5 Å². The zero-order valence-electron chi connectivity index (χ0n) is 16.4. The number of carbonyl (C=O) groups is 1. The van der Waals surface area contributed by atoms with Crippen LogP contribution >= 0.6 is 0 Å². The molecule has 28 heavy (non-hydrogen) atoms. The van der Waals surface area contributed by atoms with Crippen LogP contribution in [0.2, 0.25) is 0 Å². The molecule has 0 atom stereocenters. The van der Waals surface area contributed by atoms with E-state index in [0.717, 1.165) is 19.3 Å². The molecule has 2 aromatic carbocycles. The molecule has 0 aliphatic carbocycles. The summed E-state index contributed by atoms with van der Waals surface area (Å²) in [4.78, 5) is 16.6. The second-order valence-corrected chi connectivity index (χ2v) is 6.31. The number of nitrogens with two attached hydrogens (primary N) is 2. The number of aliphatic imine (C=N–C) groups is 1. The first-order valence-electron chi connectivity index (χ1n) is 9.35. The summed E-state index contributed by atoms with van der Waals surface area (Å²) in [5, 5.41) is 2.86. The van der Waals surface area contributed by atoms with Gasteiger partial charge in [0.05, 0.1) is 13.7 Å². The van der Waals surface area contributed by atoms with E-state index >= 15 is 0 Å². The summed E-state index contributed by atoms with van der Waals surface area (Å²) in [6.07, 6.45) is 4.37. The molecule has 5 N–H and O–H groups in total. The number of rotatable bonds is 10. The molecular weight excluding hydrogens is 356 g/mol. The summed E-state index contributed by atoms with van der Waals surface area (Å²) in [6, 6.07) is 12.0. The molecule has 2 aromatic rings. The van der Waals surface area contributed by atoms with Gasteiger partial charge in [-0.25, -0.2) is 4.99 Å². The maximum atomic E-state index is 12.5. The van der Waals surface area contributed by atoms with Crippen molar-refractivity contribution in [2.75, 3.05) is 19.0 Å². The number of methoxy groups -OCH3 is 1. The lowest BCUT2D eigenvalue weighted by atomic mass is 10.2. The third-order valence-corrected chi connectivity index (χ3v) is 4.07. The van der Waals surface area contributed by atoms with Crippen LogP contribution in [-0.2, 0) is 0 Å². The first kappa shape index (κ1) is 21.1. The number of nitrogens with one attached hydrogen (secondary N) is 1. The zero-order valence-corrected chi connectivity index (χ0v) is 16.4. The average molecular weight is 384 g/mol. The number of hydrogen-bond acceptors (Lipinski definition) is 4. The average Bonchev–Trinajstić information content (AvgIpc) is 2.69. The highest BCUT2D eigenvalue weighted by molar-refractivity contribution is 6.04. The summed E-state index contributed by atoms with van der Waals surface area (Å²) in [7, 11) is 1.58. The van der Waals surface area contributed by atoms with Gasteiger partial charge in [-0.1, -0.05) is 26.2 Å². The van der Waals surface area contributed by atoms with Gasteiger partial charge >= 0.3 is 0 Å². The second kappa shape index (κ2) is 10.8. The zero-order chi connectivity index (χ0) is 20.4. The summed E-state index contributed by atoms with van der Waals surface area (Å²) in [5.41, 5.74) is 12.6. The number of amides is 1. The van der Waals surface area contributed by atoms with Gasteiger partial charge < -0.3 is 26.3 Å². The van der Waals surface area contributed by atoms with Crippen LogP contribution in [0.15, 0.2) is 47.5 Å². The second-order valence-electron chi connectivity index (χ2n) is 6.31. The molecular formula is C21H28N4O3. The van der Waals surface area contributed by atoms with Crippen LogP contribution in [0.25, 0.3) is 0 Å². The van der Waals surface area contributed by atoms with E-state index in [9.17, 15) is 4.79 Å². The quantitative estimate of drug-likeness (QED) is 0.328. The van der Waals surface area contributed by atoms with Crippen molar-refractivity contribution in [3.05, 3.63) is 48.0 Å². The van der Waals surface area contributed by atoms with E-state index in [1.165, 1.54) is 6.42 Å². The third-order valence-electron chi connectivity index (χ3n) is 4.07. The van der Waals surface area contributed by atoms with E-state index in [4.69, 9.17) is 20.9 Å². The van der Waals surface area contributed by atoms with Crippen molar-refractivity contribution in [2.24, 2.45) is 16.5 Å². The Morgan fingerprint density at radius 1 is 1.07 bits per heavy atom. The molecule has 1 amide bonds. The third kappa shape index (κ3) is 6.50. The fraction of sp³-hybridized carbons (Fsp3) is 0.333. The Morgan fingerprint density at radius 2 is 1.82 bits per heavy atom. The van der Waals surface area contributed by atoms with Gasteiger partial charge in [-0.2, -0.15) is 0 Å². The van der Waals surface area contributed by atoms with E-state index in [0.29, 0.717) is 35.0 Å². The maximum absolute atomic E-state index is 12.5. The largest absolute Gasteiger partial charge is 0.497 e. The predicted octanol–water partition coefficient (Wildman–Crippen LogP) is 3.81. The maximum Gasteiger partial charge on any atom is 0.255 e. The molecule has 0 radical (unpaired) electrons. The van der Waals surface area contributed by atoms with Crippen molar-refractivity contribution >= 4 is 23.2 Å². The molecule has 150 valence electrons. The Bertz CT molecular complexity index is 800. The highest BCUT2D eigenvalue weighted by atomic mass is 16.5. The normalized spacial score (nSPS) is 10.2. The first-order valence-corrected chi connectivity index (χ1v) is 9.35. The predicted molar refractivity (Wildman–Crippen MR) is 112 cm³/mol. The number of guanidine groups is 1. The first-order chi connectivity index (χ1) is 13.5. The van der Waals surface area contributed by atoms with Crippen molar-refractivity contribution in [1.29, 1.82) is 0 Å². The molecule has 0 spiro atoms. The van der Waals surface area contributed by atoms with Crippen LogP contribution in [0.3, 0.4) is 0 Å². The number of ether oxygens (including phenoxy) is 2. The van der Waals surface area contributed by atoms with Gasteiger partial charge in [-0.3, -0.25) is 4.79 Å². The number of nitrogens with zero attached hydrogens (tertiary/aromatic N) is 1. The van der Waals surface area contributed by atoms with Crippen LogP contribution in [0.4, 0.5) is 11.4 Å². The van der Waals surface area contributed by atoms with E-state index in [2.05, 4.69) is 17.2 Å². The monoisotopic (exact) mass is 384 g/mol. The molecule has 0 aliphatic rings. The Kier molecular flexibility index (Phi) is 8.14. The highest BCUT2D eigenvalue weighted by Crippen LogP contribution is 2.31. The molecule has 7 heteroatoms. The van der Waals surface area contributed by atoms with Gasteiger partial charge in [-0.15, -0.1) is 0 Å². The van der Waals surface area contributed by atoms with Crippen LogP contribution < -0.4 is 26.3 Å². The van der Waals surface area contributed by atoms with Gasteiger partial charge in [0, 0.05) is 17.3 Å². The lowest BCUT2D eigenvalue weighted by Gasteiger charge is -2.12. The molecule has 7 nitrogen and oxygen atoms in total. The van der Waals surface area contributed by atoms with Crippen LogP contribution in [0.1, 0.15) is 43.0 Å². The van der Waals surface area contributed by atoms with Crippen LogP contribution in [0, 0.1) is 0 Å². The van der Waals surface area contributed by atoms with Gasteiger partial charge in [0.15, 0.2) is 5.96 Å². The van der Waals surface area contributed by atoms with Crippen molar-refractivity contribution < 1.29 is 14.3 Å². The Hall–Kier alpha value is -3.22. The van der Waals surface area contributed by atoms with Crippen LogP contribution in [0.5, 0.6) is 11.5 Å². The van der Waals surface area contributed by atoms with Crippen molar-refractivity contribution in [2.45, 2.75) is 32.6 Å². The molecule has 0 saturated carbocycles. The highest BCUT2D eigenvalue weighted by Gasteiger charge is 2.10. The minimum Gasteiger partial charge on any atom is -0.497 e. The Balaban J connectivity index is 2.11. The lowest BCUT2D eigenvalue weighted by Crippen LogP contribution is -2.22. The fourth-order valence-electron chi connectivity index (χ4n) is 2.60. The summed E-state index contributed by atoms with van der Waals surface area (Å²) >= 11 is 0. The van der Waals surface area contributed by atoms with Crippen LogP contribution in [-0.4, -0.2) is 25.6 Å². The minimum absolute atomic E-state index is 0.0501. The Labute approximate surface area is 165 Å². The molecule has 0 unspecified atom stereocenters. The fourth-order valence-corrected chi connectivity index (χ4v) is 2.60. The molecule has 0 bridgehead atoms. The van der Waals surface area contributed by atoms with E-state index in [-0.39, 0.29) is 11.9 Å². The van der Waals surface area contributed by atoms with E-state index in [1.807, 2.05) is 0 Å². The summed E-state index contributed by atoms with van der Waals surface area (Å²) in [6.45, 7) is 2.72. The number of carbonyl (C=O) groups excluding carboxylic acids is 1. The topological polar surface area (TPSA) is 112 Å². The number of anilines is 1. The van der Waals surface area contributed by atoms with Gasteiger partial charge in [0.25, 0.3) is 5.91 Å². The van der Waals surface area contributed by atoms with Crippen molar-refractivity contribution in [1.82, 2.24) is 0 Å². The molecule has 0 saturated heterocycles. The number of benzene rings is 2. The van der Waals surface area contributed by atoms with Gasteiger partial charge in [0.1, 0.15) is 17.2 Å². The van der Waals surface area contributed by atoms with E-state index < -0.39 is 0 Å². The Morgan fingerprint density at radius 3 is 2.46 bits per heavy atom. The minimum atomic E-state index is -0.230. The van der Waals surface area contributed by atoms with Gasteiger partial charge in [0.2, 0.25) is 0 Å². The van der Waals surface area contributed by atoms with Gasteiger partial charge in [-0.05, 0) is 42.8 Å². The summed E-state index contributed by atoms with van der Waals surface area (Å²) < 4.78 is 11.0. The molecule has 0 heterocycles. The molecule has 2 rings (SSSR count). The molecule has 0 aromatic heterocycles. The standard InChI is InChI=1S/C21H28N4O3/c1-3-4-5-6-13-28-19-14-16(9-12-18(19)25-21(22)23)24-20(26)15-7-10-17(27-2)11-8-15/h7-12,14H,3-6,13H2,1-2H3,(H,24,26)(H4,22,23,25). The number of hydrogen-bond donors (Lipinski definition) is 3. The van der Waals surface area contributed by atoms with Crippen molar-refractivity contribution in [3.63, 3.8) is 0 Å². The number of unbranched alkanes of at least 4 members (excludes halogenated alkanes) is 3. The summed E-state index contributed by atoms with van der Waals surface area (Å²) in [5.74, 6) is 0.936. The van der Waals surface area contributed by atoms with E-state index in [1.54, 1.807) is 49.6 Å². The molecule has 0 aliphatic heterocycles. The lowest BCUT2D eigenvalue weighted by molar-refractivity contribution is 0.102. The SMILES string of the molecule is CCCCCCOc1cc(NC(=O)c2ccc(OC)cc2)ccc1N=C(N)N. The molecule has 0 fully saturated rings. The smallest absolute Gasteiger partial charge is 0.255 e.